The number of nitrogens with zero attached hydrogens (tertiary/aromatic N) is 2. The molecule has 2 rings (SSSR count). The van der Waals surface area contributed by atoms with E-state index in [4.69, 9.17) is 0 Å². The first-order chi connectivity index (χ1) is 10.2. The van der Waals surface area contributed by atoms with Gasteiger partial charge in [0.05, 0.1) is 0 Å². The molecule has 0 unspecified atom stereocenters. The molecule has 0 bridgehead atoms. The predicted octanol–water partition coefficient (Wildman–Crippen LogP) is 3.95. The maximum Gasteiger partial charge on any atom is 0.134 e. The molecule has 1 aliphatic carbocycles. The van der Waals surface area contributed by atoms with Crippen LogP contribution >= 0.6 is 11.8 Å². The molecule has 0 amide bonds. The molecule has 1 aromatic heterocycles. The van der Waals surface area contributed by atoms with Crippen LogP contribution in [0.2, 0.25) is 0 Å². The summed E-state index contributed by atoms with van der Waals surface area (Å²) < 4.78 is 0.382. The van der Waals surface area contributed by atoms with Crippen molar-refractivity contribution >= 4 is 23.4 Å². The van der Waals surface area contributed by atoms with Crippen LogP contribution in [0.15, 0.2) is 6.33 Å². The zero-order chi connectivity index (χ0) is 15.1. The van der Waals surface area contributed by atoms with E-state index in [1.54, 1.807) is 6.33 Å². The van der Waals surface area contributed by atoms with Gasteiger partial charge in [-0.25, -0.2) is 9.97 Å². The summed E-state index contributed by atoms with van der Waals surface area (Å²) in [6.45, 7) is 6.15. The summed E-state index contributed by atoms with van der Waals surface area (Å²) in [4.78, 5) is 8.84. The quantitative estimate of drug-likeness (QED) is 0.799. The fourth-order valence-corrected chi connectivity index (χ4v) is 4.03. The SMILES string of the molecule is CCNc1ncnc(NCC2(SC)CCCCC2)c1CC. The number of hydrogen-bond donors (Lipinski definition) is 2. The van der Waals surface area contributed by atoms with Crippen LogP contribution in [-0.4, -0.2) is 34.1 Å². The van der Waals surface area contributed by atoms with E-state index in [2.05, 4.69) is 40.7 Å². The van der Waals surface area contributed by atoms with Crippen LogP contribution in [0.5, 0.6) is 0 Å². The molecule has 1 saturated carbocycles. The summed E-state index contributed by atoms with van der Waals surface area (Å²) in [6.07, 6.45) is 11.6. The van der Waals surface area contributed by atoms with Crippen molar-refractivity contribution in [3.8, 4) is 0 Å². The maximum atomic E-state index is 4.47. The van der Waals surface area contributed by atoms with Crippen molar-refractivity contribution in [3.05, 3.63) is 11.9 Å². The minimum atomic E-state index is 0.382. The second-order valence-electron chi connectivity index (χ2n) is 5.73. The van der Waals surface area contributed by atoms with E-state index in [-0.39, 0.29) is 0 Å². The highest BCUT2D eigenvalue weighted by molar-refractivity contribution is 8.00. The topological polar surface area (TPSA) is 49.8 Å². The Hall–Kier alpha value is -0.970. The molecule has 1 aromatic rings. The molecule has 4 nitrogen and oxygen atoms in total. The summed E-state index contributed by atoms with van der Waals surface area (Å²) in [5.41, 5.74) is 1.20. The Morgan fingerprint density at radius 3 is 2.33 bits per heavy atom. The van der Waals surface area contributed by atoms with Crippen molar-refractivity contribution in [3.63, 3.8) is 0 Å². The van der Waals surface area contributed by atoms with E-state index in [0.29, 0.717) is 4.75 Å². The zero-order valence-corrected chi connectivity index (χ0v) is 14.4. The van der Waals surface area contributed by atoms with Gasteiger partial charge in [-0.15, -0.1) is 0 Å². The van der Waals surface area contributed by atoms with Gasteiger partial charge in [0.25, 0.3) is 0 Å². The summed E-state index contributed by atoms with van der Waals surface area (Å²) in [5, 5.41) is 6.95. The highest BCUT2D eigenvalue weighted by Crippen LogP contribution is 2.38. The van der Waals surface area contributed by atoms with Gasteiger partial charge in [-0.3, -0.25) is 0 Å². The van der Waals surface area contributed by atoms with Crippen LogP contribution in [0.1, 0.15) is 51.5 Å². The lowest BCUT2D eigenvalue weighted by molar-refractivity contribution is 0.411. The summed E-state index contributed by atoms with van der Waals surface area (Å²) in [6, 6.07) is 0. The van der Waals surface area contributed by atoms with Crippen molar-refractivity contribution in [2.45, 2.75) is 57.1 Å². The number of hydrogen-bond acceptors (Lipinski definition) is 5. The average Bonchev–Trinajstić information content (AvgIpc) is 2.54. The Morgan fingerprint density at radius 2 is 1.76 bits per heavy atom. The van der Waals surface area contributed by atoms with Crippen LogP contribution in [0.4, 0.5) is 11.6 Å². The Morgan fingerprint density at radius 1 is 1.10 bits per heavy atom. The highest BCUT2D eigenvalue weighted by Gasteiger charge is 2.31. The molecule has 2 N–H and O–H groups in total. The predicted molar refractivity (Wildman–Crippen MR) is 93.4 cm³/mol. The molecule has 0 aliphatic heterocycles. The molecule has 0 spiro atoms. The lowest BCUT2D eigenvalue weighted by atomic mass is 9.88. The number of anilines is 2. The monoisotopic (exact) mass is 308 g/mol. The summed E-state index contributed by atoms with van der Waals surface area (Å²) in [5.74, 6) is 1.97. The third-order valence-electron chi connectivity index (χ3n) is 4.42. The molecule has 1 fully saturated rings. The Labute approximate surface area is 132 Å². The molecule has 5 heteroatoms. The molecule has 0 saturated heterocycles. The minimum absolute atomic E-state index is 0.382. The lowest BCUT2D eigenvalue weighted by Gasteiger charge is -2.36. The van der Waals surface area contributed by atoms with Gasteiger partial charge >= 0.3 is 0 Å². The van der Waals surface area contributed by atoms with Gasteiger partial charge in [0, 0.05) is 23.4 Å². The van der Waals surface area contributed by atoms with Crippen molar-refractivity contribution < 1.29 is 0 Å². The van der Waals surface area contributed by atoms with Gasteiger partial charge in [-0.05, 0) is 32.4 Å². The minimum Gasteiger partial charge on any atom is -0.370 e. The number of aromatic nitrogens is 2. The van der Waals surface area contributed by atoms with Crippen LogP contribution in [0.25, 0.3) is 0 Å². The van der Waals surface area contributed by atoms with Gasteiger partial charge in [0.15, 0.2) is 0 Å². The van der Waals surface area contributed by atoms with Crippen LogP contribution < -0.4 is 10.6 Å². The number of thioether (sulfide) groups is 1. The molecule has 0 atom stereocenters. The van der Waals surface area contributed by atoms with E-state index in [0.717, 1.165) is 31.1 Å². The van der Waals surface area contributed by atoms with Crippen LogP contribution in [0.3, 0.4) is 0 Å². The molecular weight excluding hydrogens is 280 g/mol. The van der Waals surface area contributed by atoms with Crippen molar-refractivity contribution in [2.75, 3.05) is 30.0 Å². The van der Waals surface area contributed by atoms with E-state index < -0.39 is 0 Å². The molecule has 1 aliphatic rings. The summed E-state index contributed by atoms with van der Waals surface area (Å²) >= 11 is 2.02. The first kappa shape index (κ1) is 16.4. The molecule has 21 heavy (non-hydrogen) atoms. The van der Waals surface area contributed by atoms with Gasteiger partial charge in [0.2, 0.25) is 0 Å². The fraction of sp³-hybridized carbons (Fsp3) is 0.750. The lowest BCUT2D eigenvalue weighted by Crippen LogP contribution is -2.36. The van der Waals surface area contributed by atoms with Gasteiger partial charge in [0.1, 0.15) is 18.0 Å². The number of nitrogens with one attached hydrogen (secondary N) is 2. The van der Waals surface area contributed by atoms with E-state index in [1.807, 2.05) is 11.8 Å². The smallest absolute Gasteiger partial charge is 0.134 e. The molecule has 0 aromatic carbocycles. The van der Waals surface area contributed by atoms with Crippen LogP contribution in [-0.2, 0) is 6.42 Å². The first-order valence-corrected chi connectivity index (χ1v) is 9.34. The van der Waals surface area contributed by atoms with Gasteiger partial charge in [-0.2, -0.15) is 11.8 Å². The second kappa shape index (κ2) is 7.87. The molecule has 1 heterocycles. The molecule has 118 valence electrons. The first-order valence-electron chi connectivity index (χ1n) is 8.11. The van der Waals surface area contributed by atoms with Crippen molar-refractivity contribution in [1.29, 1.82) is 0 Å². The van der Waals surface area contributed by atoms with Gasteiger partial charge < -0.3 is 10.6 Å². The normalized spacial score (nSPS) is 17.5. The van der Waals surface area contributed by atoms with E-state index in [9.17, 15) is 0 Å². The maximum absolute atomic E-state index is 4.47. The highest BCUT2D eigenvalue weighted by atomic mass is 32.2. The third-order valence-corrected chi connectivity index (χ3v) is 5.84. The Kier molecular flexibility index (Phi) is 6.15. The Balaban J connectivity index is 2.09. The van der Waals surface area contributed by atoms with Crippen molar-refractivity contribution in [1.82, 2.24) is 9.97 Å². The molecular formula is C16H28N4S. The average molecular weight is 308 g/mol. The largest absolute Gasteiger partial charge is 0.370 e. The Bertz CT molecular complexity index is 444. The standard InChI is InChI=1S/C16H28N4S/c1-4-13-14(17-5-2)19-12-20-15(13)18-11-16(21-3)9-7-6-8-10-16/h12H,4-11H2,1-3H3,(H2,17,18,19,20). The fourth-order valence-electron chi connectivity index (χ4n) is 3.11. The van der Waals surface area contributed by atoms with Gasteiger partial charge in [-0.1, -0.05) is 26.2 Å². The third kappa shape index (κ3) is 4.02. The van der Waals surface area contributed by atoms with E-state index in [1.165, 1.54) is 37.7 Å². The number of rotatable bonds is 7. The van der Waals surface area contributed by atoms with E-state index >= 15 is 0 Å². The summed E-state index contributed by atoms with van der Waals surface area (Å²) in [7, 11) is 0. The zero-order valence-electron chi connectivity index (χ0n) is 13.5. The molecule has 0 radical (unpaired) electrons. The van der Waals surface area contributed by atoms with Crippen molar-refractivity contribution in [2.24, 2.45) is 0 Å². The van der Waals surface area contributed by atoms with Crippen LogP contribution in [0, 0.1) is 0 Å². The second-order valence-corrected chi connectivity index (χ2v) is 7.01.